The Bertz CT molecular complexity index is 1510. The first-order chi connectivity index (χ1) is 24.5. The van der Waals surface area contributed by atoms with Crippen molar-refractivity contribution < 1.29 is 23.7 Å². The Hall–Kier alpha value is -4.14. The van der Waals surface area contributed by atoms with Crippen LogP contribution in [0.2, 0.25) is 0 Å². The van der Waals surface area contributed by atoms with Gasteiger partial charge < -0.3 is 48.2 Å². The van der Waals surface area contributed by atoms with Crippen LogP contribution in [0.1, 0.15) is 18.4 Å². The molecule has 0 radical (unpaired) electrons. The van der Waals surface area contributed by atoms with E-state index in [2.05, 4.69) is 35.6 Å². The lowest BCUT2D eigenvalue weighted by Crippen LogP contribution is -2.47. The zero-order valence-electron chi connectivity index (χ0n) is 30.1. The fourth-order valence-corrected chi connectivity index (χ4v) is 6.21. The fraction of sp³-hybridized carbons (Fsp3) is 0.647. The van der Waals surface area contributed by atoms with Gasteiger partial charge in [0.2, 0.25) is 11.9 Å². The van der Waals surface area contributed by atoms with E-state index >= 15 is 0 Å². The van der Waals surface area contributed by atoms with Crippen LogP contribution in [0.25, 0.3) is 11.0 Å². The molecule has 0 aromatic carbocycles. The minimum atomic E-state index is 0.208. The van der Waals surface area contributed by atoms with E-state index in [1.54, 1.807) is 41.7 Å². The molecule has 2 saturated heterocycles. The summed E-state index contributed by atoms with van der Waals surface area (Å²) in [6.07, 6.45) is 3.60. The standard InChI is InChI=1S/C34H51N11O5/c1-46-20-16-44(17-21-47-2)33-38-30-29(31(39-33)42-10-8-27(50-5)9-11-42)37-34(45(18-22-48-3)19-23-49-4)40-32(30)43-14-12-41(13-15-43)28-7-6-26(24-35)25-36-28/h6-7,25,27H,8-23H2,1-5H3. The number of nitrogens with zero attached hydrogens (tertiary/aromatic N) is 11. The summed E-state index contributed by atoms with van der Waals surface area (Å²) in [7, 11) is 8.56. The Morgan fingerprint density at radius 3 is 1.52 bits per heavy atom. The molecule has 2 aliphatic rings. The van der Waals surface area contributed by atoms with E-state index < -0.39 is 0 Å². The number of nitriles is 1. The normalized spacial score (nSPS) is 15.5. The first-order valence-corrected chi connectivity index (χ1v) is 17.2. The lowest BCUT2D eigenvalue weighted by molar-refractivity contribution is 0.0818. The first-order valence-electron chi connectivity index (χ1n) is 17.2. The van der Waals surface area contributed by atoms with Gasteiger partial charge in [0.1, 0.15) is 22.9 Å². The van der Waals surface area contributed by atoms with E-state index in [4.69, 9.17) is 43.6 Å². The predicted molar refractivity (Wildman–Crippen MR) is 193 cm³/mol. The number of pyridine rings is 1. The number of hydrogen-bond donors (Lipinski definition) is 0. The molecule has 0 unspecified atom stereocenters. The molecule has 5 rings (SSSR count). The third-order valence-electron chi connectivity index (χ3n) is 9.17. The van der Waals surface area contributed by atoms with Crippen molar-refractivity contribution in [2.75, 3.05) is 152 Å². The van der Waals surface area contributed by atoms with Gasteiger partial charge in [0.15, 0.2) is 11.6 Å². The van der Waals surface area contributed by atoms with Gasteiger partial charge in [0.05, 0.1) is 38.1 Å². The van der Waals surface area contributed by atoms with Crippen LogP contribution in [0.3, 0.4) is 0 Å². The van der Waals surface area contributed by atoms with Crippen molar-refractivity contribution in [3.8, 4) is 6.07 Å². The number of fused-ring (bicyclic) bond motifs is 1. The molecular formula is C34H51N11O5. The first kappa shape index (κ1) is 37.1. The lowest BCUT2D eigenvalue weighted by Gasteiger charge is -2.37. The van der Waals surface area contributed by atoms with Crippen LogP contribution in [-0.2, 0) is 23.7 Å². The maximum absolute atomic E-state index is 9.23. The maximum Gasteiger partial charge on any atom is 0.228 e. The zero-order valence-corrected chi connectivity index (χ0v) is 30.1. The van der Waals surface area contributed by atoms with Crippen LogP contribution in [0.5, 0.6) is 0 Å². The Morgan fingerprint density at radius 1 is 0.660 bits per heavy atom. The van der Waals surface area contributed by atoms with Crippen LogP contribution < -0.4 is 24.5 Å². The number of rotatable bonds is 18. The van der Waals surface area contributed by atoms with E-state index in [0.717, 1.165) is 56.5 Å². The Kier molecular flexibility index (Phi) is 13.9. The summed E-state index contributed by atoms with van der Waals surface area (Å²) >= 11 is 0. The third-order valence-corrected chi connectivity index (χ3v) is 9.17. The molecule has 5 heterocycles. The molecule has 272 valence electrons. The van der Waals surface area contributed by atoms with Crippen LogP contribution in [0.15, 0.2) is 18.3 Å². The SMILES string of the molecule is COCCN(CCOC)c1nc(N2CCN(c3ccc(C#N)cn3)CC2)c2nc(N(CCOC)CCOC)nc(N3CCC(OC)CC3)c2n1. The van der Waals surface area contributed by atoms with Gasteiger partial charge in [-0.15, -0.1) is 0 Å². The van der Waals surface area contributed by atoms with Crippen LogP contribution in [0, 0.1) is 11.3 Å². The summed E-state index contributed by atoms with van der Waals surface area (Å²) in [6.45, 7) is 8.83. The predicted octanol–water partition coefficient (Wildman–Crippen LogP) is 1.83. The smallest absolute Gasteiger partial charge is 0.228 e. The summed E-state index contributed by atoms with van der Waals surface area (Å²) in [4.78, 5) is 36.5. The highest BCUT2D eigenvalue weighted by atomic mass is 16.5. The molecule has 16 heteroatoms. The van der Waals surface area contributed by atoms with Gasteiger partial charge in [-0.2, -0.15) is 15.2 Å². The molecule has 0 saturated carbocycles. The maximum atomic E-state index is 9.23. The van der Waals surface area contributed by atoms with Gasteiger partial charge in [-0.05, 0) is 25.0 Å². The van der Waals surface area contributed by atoms with Crippen molar-refractivity contribution in [3.63, 3.8) is 0 Å². The van der Waals surface area contributed by atoms with Crippen molar-refractivity contribution >= 4 is 40.4 Å². The van der Waals surface area contributed by atoms with Crippen molar-refractivity contribution in [1.82, 2.24) is 24.9 Å². The van der Waals surface area contributed by atoms with Crippen LogP contribution in [0.4, 0.5) is 29.4 Å². The topological polar surface area (TPSA) is 151 Å². The minimum Gasteiger partial charge on any atom is -0.383 e. The van der Waals surface area contributed by atoms with Gasteiger partial charge >= 0.3 is 0 Å². The second-order valence-corrected chi connectivity index (χ2v) is 12.3. The molecule has 0 bridgehead atoms. The molecule has 0 amide bonds. The highest BCUT2D eigenvalue weighted by Crippen LogP contribution is 2.35. The molecular weight excluding hydrogens is 642 g/mol. The van der Waals surface area contributed by atoms with Crippen LogP contribution in [-0.4, -0.2) is 158 Å². The molecule has 0 N–H and O–H groups in total. The molecule has 2 aliphatic heterocycles. The molecule has 2 fully saturated rings. The summed E-state index contributed by atoms with van der Waals surface area (Å²) in [5, 5.41) is 9.23. The van der Waals surface area contributed by atoms with E-state index in [1.165, 1.54) is 0 Å². The van der Waals surface area contributed by atoms with Crippen molar-refractivity contribution in [3.05, 3.63) is 23.9 Å². The van der Waals surface area contributed by atoms with Gasteiger partial charge in [0.25, 0.3) is 0 Å². The number of anilines is 5. The number of hydrogen-bond acceptors (Lipinski definition) is 16. The van der Waals surface area contributed by atoms with E-state index in [-0.39, 0.29) is 6.10 Å². The molecule has 0 atom stereocenters. The van der Waals surface area contributed by atoms with Gasteiger partial charge in [-0.25, -0.2) is 15.0 Å². The summed E-state index contributed by atoms with van der Waals surface area (Å²) in [6, 6.07) is 5.86. The second kappa shape index (κ2) is 18.7. The molecule has 3 aromatic heterocycles. The molecule has 0 aliphatic carbocycles. The van der Waals surface area contributed by atoms with Gasteiger partial charge in [-0.1, -0.05) is 0 Å². The largest absolute Gasteiger partial charge is 0.383 e. The Labute approximate surface area is 294 Å². The second-order valence-electron chi connectivity index (χ2n) is 12.3. The number of piperidine rings is 1. The molecule has 50 heavy (non-hydrogen) atoms. The van der Waals surface area contributed by atoms with Crippen molar-refractivity contribution in [2.45, 2.75) is 18.9 Å². The van der Waals surface area contributed by atoms with Crippen LogP contribution >= 0.6 is 0 Å². The Morgan fingerprint density at radius 2 is 1.12 bits per heavy atom. The molecule has 0 spiro atoms. The highest BCUT2D eigenvalue weighted by molar-refractivity contribution is 5.95. The Balaban J connectivity index is 1.62. The van der Waals surface area contributed by atoms with E-state index in [9.17, 15) is 5.26 Å². The van der Waals surface area contributed by atoms with Gasteiger partial charge in [0, 0.05) is 107 Å². The molecule has 3 aromatic rings. The van der Waals surface area contributed by atoms with E-state index in [0.29, 0.717) is 94.2 Å². The monoisotopic (exact) mass is 693 g/mol. The molecule has 16 nitrogen and oxygen atoms in total. The number of piperazine rings is 1. The minimum absolute atomic E-state index is 0.208. The third kappa shape index (κ3) is 9.15. The number of aromatic nitrogens is 5. The average molecular weight is 694 g/mol. The number of ether oxygens (including phenoxy) is 5. The zero-order chi connectivity index (χ0) is 35.3. The van der Waals surface area contributed by atoms with E-state index in [1.807, 2.05) is 12.1 Å². The number of methoxy groups -OCH3 is 5. The fourth-order valence-electron chi connectivity index (χ4n) is 6.21. The summed E-state index contributed by atoms with van der Waals surface area (Å²) in [5.74, 6) is 3.55. The van der Waals surface area contributed by atoms with Crippen molar-refractivity contribution in [2.24, 2.45) is 0 Å². The summed E-state index contributed by atoms with van der Waals surface area (Å²) < 4.78 is 27.6. The highest BCUT2D eigenvalue weighted by Gasteiger charge is 2.29. The summed E-state index contributed by atoms with van der Waals surface area (Å²) in [5.41, 5.74) is 1.95. The van der Waals surface area contributed by atoms with Crippen molar-refractivity contribution in [1.29, 1.82) is 5.26 Å². The van der Waals surface area contributed by atoms with Gasteiger partial charge in [-0.3, -0.25) is 0 Å². The lowest BCUT2D eigenvalue weighted by atomic mass is 10.1. The average Bonchev–Trinajstić information content (AvgIpc) is 3.17. The quantitative estimate of drug-likeness (QED) is 0.190.